The highest BCUT2D eigenvalue weighted by Crippen LogP contribution is 2.33. The van der Waals surface area contributed by atoms with E-state index in [1.807, 2.05) is 13.0 Å². The van der Waals surface area contributed by atoms with Gasteiger partial charge in [-0.3, -0.25) is 0 Å². The monoisotopic (exact) mass is 297 g/mol. The van der Waals surface area contributed by atoms with Crippen LogP contribution in [0.25, 0.3) is 0 Å². The van der Waals surface area contributed by atoms with Crippen molar-refractivity contribution in [3.05, 3.63) is 23.8 Å². The number of aliphatic hydroxyl groups is 1. The topological polar surface area (TPSA) is 50.7 Å². The van der Waals surface area contributed by atoms with Crippen molar-refractivity contribution < 1.29 is 14.6 Å². The quantitative estimate of drug-likeness (QED) is 0.808. The molecular weight excluding hydrogens is 274 g/mol. The van der Waals surface area contributed by atoms with Crippen LogP contribution in [0.5, 0.6) is 11.5 Å². The third-order valence-corrected chi connectivity index (χ3v) is 4.47. The maximum atomic E-state index is 9.13. The second-order valence-corrected chi connectivity index (χ2v) is 6.31. The lowest BCUT2D eigenvalue weighted by Crippen LogP contribution is -2.24. The van der Waals surface area contributed by atoms with Crippen molar-refractivity contribution >= 4 is 11.8 Å². The summed E-state index contributed by atoms with van der Waals surface area (Å²) < 4.78 is 11.2. The highest BCUT2D eigenvalue weighted by atomic mass is 32.2. The summed E-state index contributed by atoms with van der Waals surface area (Å²) in [5, 5.41) is 12.9. The van der Waals surface area contributed by atoms with Crippen LogP contribution in [0.15, 0.2) is 18.2 Å². The van der Waals surface area contributed by atoms with Gasteiger partial charge < -0.3 is 19.9 Å². The molecule has 20 heavy (non-hydrogen) atoms. The number of hydrogen-bond acceptors (Lipinski definition) is 5. The molecule has 1 aromatic rings. The predicted molar refractivity (Wildman–Crippen MR) is 82.9 cm³/mol. The maximum Gasteiger partial charge on any atom is 0.161 e. The zero-order valence-electron chi connectivity index (χ0n) is 12.1. The predicted octanol–water partition coefficient (Wildman–Crippen LogP) is 2.22. The van der Waals surface area contributed by atoms with Gasteiger partial charge in [0.25, 0.3) is 0 Å². The Bertz CT molecular complexity index is 428. The van der Waals surface area contributed by atoms with Gasteiger partial charge in [-0.2, -0.15) is 11.8 Å². The molecule has 1 heterocycles. The molecular formula is C15H23NO3S. The van der Waals surface area contributed by atoms with Gasteiger partial charge in [0, 0.05) is 17.0 Å². The molecule has 1 aromatic carbocycles. The number of ether oxygens (including phenoxy) is 2. The number of rotatable bonds is 7. The SMILES string of the molecule is CCNC(CSC(C)CO)c1ccc2c(c1)OCCO2. The molecule has 0 saturated carbocycles. The molecule has 5 heteroatoms. The first kappa shape index (κ1) is 15.5. The zero-order chi connectivity index (χ0) is 14.4. The smallest absolute Gasteiger partial charge is 0.161 e. The van der Waals surface area contributed by atoms with Crippen LogP contribution in [-0.4, -0.2) is 42.5 Å². The first-order valence-corrected chi connectivity index (χ1v) is 8.14. The number of benzene rings is 1. The summed E-state index contributed by atoms with van der Waals surface area (Å²) in [6, 6.07) is 6.39. The van der Waals surface area contributed by atoms with Crippen molar-refractivity contribution in [1.82, 2.24) is 5.32 Å². The Hall–Kier alpha value is -0.910. The first-order valence-electron chi connectivity index (χ1n) is 7.10. The fourth-order valence-electron chi connectivity index (χ4n) is 2.11. The van der Waals surface area contributed by atoms with E-state index in [0.717, 1.165) is 23.8 Å². The van der Waals surface area contributed by atoms with Crippen molar-refractivity contribution in [1.29, 1.82) is 0 Å². The molecule has 4 nitrogen and oxygen atoms in total. The van der Waals surface area contributed by atoms with E-state index in [4.69, 9.17) is 14.6 Å². The number of aliphatic hydroxyl groups excluding tert-OH is 1. The molecule has 0 radical (unpaired) electrons. The van der Waals surface area contributed by atoms with E-state index >= 15 is 0 Å². The van der Waals surface area contributed by atoms with Gasteiger partial charge in [0.15, 0.2) is 11.5 Å². The molecule has 2 N–H and O–H groups in total. The Labute approximate surface area is 124 Å². The molecule has 2 unspecified atom stereocenters. The number of thioether (sulfide) groups is 1. The Balaban J connectivity index is 2.07. The van der Waals surface area contributed by atoms with Crippen molar-refractivity contribution in [2.45, 2.75) is 25.1 Å². The summed E-state index contributed by atoms with van der Waals surface area (Å²) in [5.41, 5.74) is 1.20. The van der Waals surface area contributed by atoms with Crippen LogP contribution in [0.4, 0.5) is 0 Å². The Kier molecular flexibility index (Phi) is 6.01. The lowest BCUT2D eigenvalue weighted by atomic mass is 10.1. The summed E-state index contributed by atoms with van der Waals surface area (Å²) in [5.74, 6) is 2.58. The minimum Gasteiger partial charge on any atom is -0.486 e. The van der Waals surface area contributed by atoms with Crippen LogP contribution in [0.2, 0.25) is 0 Å². The first-order chi connectivity index (χ1) is 9.74. The number of hydrogen-bond donors (Lipinski definition) is 2. The Morgan fingerprint density at radius 1 is 1.30 bits per heavy atom. The third-order valence-electron chi connectivity index (χ3n) is 3.22. The van der Waals surface area contributed by atoms with E-state index in [2.05, 4.69) is 24.4 Å². The summed E-state index contributed by atoms with van der Waals surface area (Å²) >= 11 is 1.77. The molecule has 0 saturated heterocycles. The van der Waals surface area contributed by atoms with Crippen molar-refractivity contribution in [3.8, 4) is 11.5 Å². The van der Waals surface area contributed by atoms with Gasteiger partial charge in [-0.15, -0.1) is 0 Å². The van der Waals surface area contributed by atoms with Gasteiger partial charge in [0.2, 0.25) is 0 Å². The highest BCUT2D eigenvalue weighted by Gasteiger charge is 2.17. The largest absolute Gasteiger partial charge is 0.486 e. The number of nitrogens with one attached hydrogen (secondary N) is 1. The van der Waals surface area contributed by atoms with Crippen LogP contribution in [0, 0.1) is 0 Å². The van der Waals surface area contributed by atoms with E-state index in [0.29, 0.717) is 13.2 Å². The van der Waals surface area contributed by atoms with Crippen molar-refractivity contribution in [2.75, 3.05) is 32.1 Å². The molecule has 0 fully saturated rings. The second-order valence-electron chi connectivity index (χ2n) is 4.84. The average Bonchev–Trinajstić information content (AvgIpc) is 2.50. The summed E-state index contributed by atoms with van der Waals surface area (Å²) in [4.78, 5) is 0. The molecule has 0 spiro atoms. The van der Waals surface area contributed by atoms with E-state index in [9.17, 15) is 0 Å². The lowest BCUT2D eigenvalue weighted by molar-refractivity contribution is 0.171. The Morgan fingerprint density at radius 3 is 2.75 bits per heavy atom. The minimum absolute atomic E-state index is 0.213. The van der Waals surface area contributed by atoms with Gasteiger partial charge in [0.1, 0.15) is 13.2 Å². The van der Waals surface area contributed by atoms with Crippen molar-refractivity contribution in [3.63, 3.8) is 0 Å². The lowest BCUT2D eigenvalue weighted by Gasteiger charge is -2.23. The molecule has 2 atom stereocenters. The normalized spacial score (nSPS) is 16.8. The van der Waals surface area contributed by atoms with Crippen LogP contribution in [0.3, 0.4) is 0 Å². The maximum absolute atomic E-state index is 9.13. The summed E-state index contributed by atoms with van der Waals surface area (Å²) in [6.07, 6.45) is 0. The fraction of sp³-hybridized carbons (Fsp3) is 0.600. The van der Waals surface area contributed by atoms with Crippen LogP contribution in [0.1, 0.15) is 25.5 Å². The molecule has 2 rings (SSSR count). The molecule has 0 amide bonds. The standard InChI is InChI=1S/C15H23NO3S/c1-3-16-13(10-20-11(2)9-17)12-4-5-14-15(8-12)19-7-6-18-14/h4-5,8,11,13,16-17H,3,6-7,9-10H2,1-2H3. The van der Waals surface area contributed by atoms with Crippen LogP contribution in [-0.2, 0) is 0 Å². The number of fused-ring (bicyclic) bond motifs is 1. The molecule has 0 aromatic heterocycles. The molecule has 0 aliphatic carbocycles. The minimum atomic E-state index is 0.213. The van der Waals surface area contributed by atoms with Crippen LogP contribution >= 0.6 is 11.8 Å². The van der Waals surface area contributed by atoms with Crippen molar-refractivity contribution in [2.24, 2.45) is 0 Å². The fourth-order valence-corrected chi connectivity index (χ4v) is 3.05. The van der Waals surface area contributed by atoms with E-state index in [1.165, 1.54) is 5.56 Å². The molecule has 0 bridgehead atoms. The molecule has 1 aliphatic rings. The van der Waals surface area contributed by atoms with Gasteiger partial charge in [-0.25, -0.2) is 0 Å². The highest BCUT2D eigenvalue weighted by molar-refractivity contribution is 7.99. The Morgan fingerprint density at radius 2 is 2.05 bits per heavy atom. The van der Waals surface area contributed by atoms with E-state index in [-0.39, 0.29) is 17.9 Å². The van der Waals surface area contributed by atoms with E-state index < -0.39 is 0 Å². The third kappa shape index (κ3) is 4.04. The summed E-state index contributed by atoms with van der Waals surface area (Å²) in [7, 11) is 0. The summed E-state index contributed by atoms with van der Waals surface area (Å²) in [6.45, 7) is 6.49. The molecule has 112 valence electrons. The average molecular weight is 297 g/mol. The second kappa shape index (κ2) is 7.76. The van der Waals surface area contributed by atoms with E-state index in [1.54, 1.807) is 11.8 Å². The van der Waals surface area contributed by atoms with Gasteiger partial charge in [-0.05, 0) is 24.2 Å². The van der Waals surface area contributed by atoms with Gasteiger partial charge in [-0.1, -0.05) is 19.9 Å². The van der Waals surface area contributed by atoms with Crippen LogP contribution < -0.4 is 14.8 Å². The zero-order valence-corrected chi connectivity index (χ0v) is 12.9. The van der Waals surface area contributed by atoms with Gasteiger partial charge in [0.05, 0.1) is 6.61 Å². The molecule has 1 aliphatic heterocycles. The van der Waals surface area contributed by atoms with Gasteiger partial charge >= 0.3 is 0 Å².